The number of rotatable bonds is 10. The smallest absolute Gasteiger partial charge is 0.0440 e. The second-order valence-corrected chi connectivity index (χ2v) is 6.27. The van der Waals surface area contributed by atoms with Crippen molar-refractivity contribution in [3.63, 3.8) is 0 Å². The van der Waals surface area contributed by atoms with Gasteiger partial charge in [0.1, 0.15) is 0 Å². The van der Waals surface area contributed by atoms with E-state index >= 15 is 0 Å². The topological polar surface area (TPSA) is 0 Å². The van der Waals surface area contributed by atoms with Gasteiger partial charge in [-0.05, 0) is 24.2 Å². The van der Waals surface area contributed by atoms with Gasteiger partial charge < -0.3 is 0 Å². The van der Waals surface area contributed by atoms with Gasteiger partial charge in [-0.15, -0.1) is 0 Å². The Hall–Kier alpha value is 0. The molecule has 16 heavy (non-hydrogen) atoms. The molecule has 0 aromatic heterocycles. The maximum Gasteiger partial charge on any atom is -0.0440 e. The van der Waals surface area contributed by atoms with Crippen LogP contribution in [0, 0.1) is 17.8 Å². The molecule has 0 saturated heterocycles. The Kier molecular flexibility index (Phi) is 10.2. The number of hydrogen-bond acceptors (Lipinski definition) is 0. The Labute approximate surface area is 104 Å². The quantitative estimate of drug-likeness (QED) is 0.397. The highest BCUT2D eigenvalue weighted by Crippen LogP contribution is 2.21. The molecule has 0 aromatic rings. The Morgan fingerprint density at radius 2 is 1.25 bits per heavy atom. The van der Waals surface area contributed by atoms with Crippen LogP contribution in [0.3, 0.4) is 0 Å². The van der Waals surface area contributed by atoms with E-state index in [1.54, 1.807) is 0 Å². The lowest BCUT2D eigenvalue weighted by Crippen LogP contribution is -2.02. The lowest BCUT2D eigenvalue weighted by molar-refractivity contribution is 0.372. The second-order valence-electron chi connectivity index (χ2n) is 6.27. The molecule has 2 atom stereocenters. The van der Waals surface area contributed by atoms with Gasteiger partial charge in [0.2, 0.25) is 0 Å². The van der Waals surface area contributed by atoms with E-state index < -0.39 is 0 Å². The largest absolute Gasteiger partial charge is 0.0654 e. The van der Waals surface area contributed by atoms with Crippen LogP contribution in [0.4, 0.5) is 0 Å². The van der Waals surface area contributed by atoms with Crippen LogP contribution < -0.4 is 0 Å². The molecule has 0 radical (unpaired) electrons. The van der Waals surface area contributed by atoms with E-state index in [0.717, 1.165) is 17.8 Å². The van der Waals surface area contributed by atoms with E-state index in [-0.39, 0.29) is 0 Å². The van der Waals surface area contributed by atoms with E-state index in [1.807, 2.05) is 0 Å². The summed E-state index contributed by atoms with van der Waals surface area (Å²) in [6.07, 6.45) is 11.4. The fourth-order valence-corrected chi connectivity index (χ4v) is 2.62. The highest BCUT2D eigenvalue weighted by molar-refractivity contribution is 4.59. The summed E-state index contributed by atoms with van der Waals surface area (Å²) in [5, 5.41) is 0. The van der Waals surface area contributed by atoms with Crippen LogP contribution in [0.5, 0.6) is 0 Å². The summed E-state index contributed by atoms with van der Waals surface area (Å²) in [4.78, 5) is 0. The molecule has 0 nitrogen and oxygen atoms in total. The monoisotopic (exact) mass is 226 g/mol. The van der Waals surface area contributed by atoms with Gasteiger partial charge in [0.05, 0.1) is 0 Å². The number of unbranched alkanes of at least 4 members (excludes halogenated alkanes) is 2. The van der Waals surface area contributed by atoms with Crippen molar-refractivity contribution in [2.24, 2.45) is 17.8 Å². The lowest BCUT2D eigenvalue weighted by Gasteiger charge is -2.15. The molecule has 0 saturated carbocycles. The summed E-state index contributed by atoms with van der Waals surface area (Å²) >= 11 is 0. The molecule has 0 bridgehead atoms. The van der Waals surface area contributed by atoms with Crippen molar-refractivity contribution in [2.45, 2.75) is 86.0 Å². The molecule has 0 aromatic carbocycles. The Morgan fingerprint density at radius 1 is 0.688 bits per heavy atom. The van der Waals surface area contributed by atoms with Gasteiger partial charge in [0, 0.05) is 0 Å². The lowest BCUT2D eigenvalue weighted by atomic mass is 9.91. The van der Waals surface area contributed by atoms with Gasteiger partial charge >= 0.3 is 0 Å². The number of hydrogen-bond donors (Lipinski definition) is 0. The van der Waals surface area contributed by atoms with Gasteiger partial charge in [-0.3, -0.25) is 0 Å². The molecule has 2 unspecified atom stereocenters. The van der Waals surface area contributed by atoms with Crippen LogP contribution in [0.15, 0.2) is 0 Å². The van der Waals surface area contributed by atoms with Crippen molar-refractivity contribution in [1.82, 2.24) is 0 Å². The van der Waals surface area contributed by atoms with Crippen LogP contribution >= 0.6 is 0 Å². The summed E-state index contributed by atoms with van der Waals surface area (Å²) < 4.78 is 0. The molecule has 0 aliphatic rings. The fourth-order valence-electron chi connectivity index (χ4n) is 2.62. The van der Waals surface area contributed by atoms with Gasteiger partial charge in [-0.25, -0.2) is 0 Å². The maximum absolute atomic E-state index is 2.43. The zero-order valence-electron chi connectivity index (χ0n) is 12.4. The first kappa shape index (κ1) is 16.0. The van der Waals surface area contributed by atoms with E-state index in [1.165, 1.54) is 51.4 Å². The van der Waals surface area contributed by atoms with E-state index in [4.69, 9.17) is 0 Å². The average Bonchev–Trinajstić information content (AvgIpc) is 2.17. The van der Waals surface area contributed by atoms with Crippen molar-refractivity contribution in [1.29, 1.82) is 0 Å². The predicted octanol–water partition coefficient (Wildman–Crippen LogP) is 6.06. The molecule has 0 heterocycles. The van der Waals surface area contributed by atoms with Gasteiger partial charge in [0.15, 0.2) is 0 Å². The maximum atomic E-state index is 2.43. The highest BCUT2D eigenvalue weighted by Gasteiger charge is 2.07. The van der Waals surface area contributed by atoms with E-state index in [2.05, 4.69) is 34.6 Å². The third-order valence-electron chi connectivity index (χ3n) is 3.57. The van der Waals surface area contributed by atoms with E-state index in [9.17, 15) is 0 Å². The van der Waals surface area contributed by atoms with Crippen LogP contribution in [0.25, 0.3) is 0 Å². The standard InChI is InChI=1S/C16H34/c1-6-7-8-10-15(4)11-9-12-16(5)13-14(2)3/h14-16H,6-13H2,1-5H3. The Balaban J connectivity index is 3.35. The summed E-state index contributed by atoms with van der Waals surface area (Å²) in [5.41, 5.74) is 0. The molecule has 0 aliphatic carbocycles. The molecule has 0 N–H and O–H groups in total. The molecule has 98 valence electrons. The van der Waals surface area contributed by atoms with Crippen LogP contribution in [-0.2, 0) is 0 Å². The third-order valence-corrected chi connectivity index (χ3v) is 3.57. The van der Waals surface area contributed by atoms with Gasteiger partial charge in [0.25, 0.3) is 0 Å². The molecular formula is C16H34. The minimum atomic E-state index is 0.872. The molecule has 0 spiro atoms. The van der Waals surface area contributed by atoms with Crippen LogP contribution in [0.2, 0.25) is 0 Å². The minimum Gasteiger partial charge on any atom is -0.0654 e. The normalized spacial score (nSPS) is 15.4. The summed E-state index contributed by atoms with van der Waals surface area (Å²) in [7, 11) is 0. The van der Waals surface area contributed by atoms with Crippen molar-refractivity contribution >= 4 is 0 Å². The van der Waals surface area contributed by atoms with Crippen LogP contribution in [-0.4, -0.2) is 0 Å². The second kappa shape index (κ2) is 10.2. The Morgan fingerprint density at radius 3 is 1.81 bits per heavy atom. The first-order chi connectivity index (χ1) is 7.56. The molecule has 0 fully saturated rings. The zero-order valence-corrected chi connectivity index (χ0v) is 12.4. The summed E-state index contributed by atoms with van der Waals surface area (Å²) in [6, 6.07) is 0. The molecular weight excluding hydrogens is 192 g/mol. The van der Waals surface area contributed by atoms with Crippen molar-refractivity contribution < 1.29 is 0 Å². The molecule has 0 heteroatoms. The van der Waals surface area contributed by atoms with Gasteiger partial charge in [-0.2, -0.15) is 0 Å². The summed E-state index contributed by atoms with van der Waals surface area (Å²) in [5.74, 6) is 2.76. The first-order valence-electron chi connectivity index (χ1n) is 7.56. The zero-order chi connectivity index (χ0) is 12.4. The van der Waals surface area contributed by atoms with E-state index in [0.29, 0.717) is 0 Å². The highest BCUT2D eigenvalue weighted by atomic mass is 14.1. The van der Waals surface area contributed by atoms with Gasteiger partial charge in [-0.1, -0.05) is 79.6 Å². The molecule has 0 amide bonds. The first-order valence-corrected chi connectivity index (χ1v) is 7.56. The fraction of sp³-hybridized carbons (Fsp3) is 1.00. The predicted molar refractivity (Wildman–Crippen MR) is 75.8 cm³/mol. The Bertz CT molecular complexity index is 137. The minimum absolute atomic E-state index is 0.872. The van der Waals surface area contributed by atoms with Crippen molar-refractivity contribution in [2.75, 3.05) is 0 Å². The molecule has 0 aliphatic heterocycles. The molecule has 0 rings (SSSR count). The van der Waals surface area contributed by atoms with Crippen molar-refractivity contribution in [3.8, 4) is 0 Å². The SMILES string of the molecule is CCCCCC(C)CCCC(C)CC(C)C. The third kappa shape index (κ3) is 10.5. The van der Waals surface area contributed by atoms with Crippen LogP contribution in [0.1, 0.15) is 86.0 Å². The van der Waals surface area contributed by atoms with Crippen molar-refractivity contribution in [3.05, 3.63) is 0 Å². The summed E-state index contributed by atoms with van der Waals surface area (Å²) in [6.45, 7) is 11.8. The average molecular weight is 226 g/mol.